The van der Waals surface area contributed by atoms with Crippen LogP contribution in [0.1, 0.15) is 35.2 Å². The Morgan fingerprint density at radius 3 is 2.32 bits per heavy atom. The average Bonchev–Trinajstić information content (AvgIpc) is 3.32. The maximum absolute atomic E-state index is 12.8. The van der Waals surface area contributed by atoms with E-state index < -0.39 is 10.0 Å². The van der Waals surface area contributed by atoms with Crippen molar-refractivity contribution >= 4 is 27.0 Å². The van der Waals surface area contributed by atoms with Crippen molar-refractivity contribution in [3.8, 4) is 5.69 Å². The second-order valence-electron chi connectivity index (χ2n) is 8.44. The fourth-order valence-corrected chi connectivity index (χ4v) is 5.77. The third kappa shape index (κ3) is 4.47. The van der Waals surface area contributed by atoms with Crippen LogP contribution < -0.4 is 5.32 Å². The number of aromatic nitrogens is 2. The van der Waals surface area contributed by atoms with Gasteiger partial charge in [0, 0.05) is 30.9 Å². The number of fused-ring (bicyclic) bond motifs is 1. The molecule has 34 heavy (non-hydrogen) atoms. The second-order valence-corrected chi connectivity index (χ2v) is 10.4. The maximum atomic E-state index is 12.8. The number of amides is 1. The Balaban J connectivity index is 1.22. The molecule has 1 saturated heterocycles. The van der Waals surface area contributed by atoms with E-state index in [1.54, 1.807) is 47.0 Å². The minimum Gasteiger partial charge on any atom is -0.348 e. The topological polar surface area (TPSA) is 84.3 Å². The van der Waals surface area contributed by atoms with Crippen LogP contribution in [0, 0.1) is 0 Å². The zero-order valence-corrected chi connectivity index (χ0v) is 19.5. The van der Waals surface area contributed by atoms with Crippen molar-refractivity contribution in [1.82, 2.24) is 19.2 Å². The van der Waals surface area contributed by atoms with Crippen LogP contribution in [-0.2, 0) is 16.6 Å². The molecule has 1 aliphatic heterocycles. The Labute approximate surface area is 199 Å². The van der Waals surface area contributed by atoms with Gasteiger partial charge in [0.15, 0.2) is 0 Å². The van der Waals surface area contributed by atoms with Crippen LogP contribution in [0.5, 0.6) is 0 Å². The van der Waals surface area contributed by atoms with Gasteiger partial charge in [-0.1, -0.05) is 30.7 Å². The molecule has 0 spiro atoms. The van der Waals surface area contributed by atoms with Gasteiger partial charge < -0.3 is 5.32 Å². The van der Waals surface area contributed by atoms with E-state index in [0.717, 1.165) is 41.5 Å². The molecular weight excluding hydrogens is 448 g/mol. The van der Waals surface area contributed by atoms with Gasteiger partial charge in [0.05, 0.1) is 15.9 Å². The largest absolute Gasteiger partial charge is 0.348 e. The summed E-state index contributed by atoms with van der Waals surface area (Å²) >= 11 is 0. The molecule has 1 N–H and O–H groups in total. The molecule has 0 bridgehead atoms. The smallest absolute Gasteiger partial charge is 0.251 e. The van der Waals surface area contributed by atoms with E-state index in [9.17, 15) is 13.2 Å². The van der Waals surface area contributed by atoms with Crippen LogP contribution in [-0.4, -0.2) is 41.3 Å². The van der Waals surface area contributed by atoms with Gasteiger partial charge in [0.2, 0.25) is 10.0 Å². The number of imidazole rings is 1. The molecule has 1 fully saturated rings. The van der Waals surface area contributed by atoms with Crippen molar-refractivity contribution < 1.29 is 13.2 Å². The zero-order valence-electron chi connectivity index (χ0n) is 18.7. The Bertz CT molecular complexity index is 1400. The van der Waals surface area contributed by atoms with Gasteiger partial charge in [-0.15, -0.1) is 0 Å². The van der Waals surface area contributed by atoms with E-state index >= 15 is 0 Å². The fourth-order valence-electron chi connectivity index (χ4n) is 4.26. The third-order valence-corrected chi connectivity index (χ3v) is 8.10. The summed E-state index contributed by atoms with van der Waals surface area (Å²) in [5.74, 6) is -0.188. The van der Waals surface area contributed by atoms with E-state index in [1.165, 1.54) is 0 Å². The van der Waals surface area contributed by atoms with Crippen molar-refractivity contribution in [2.45, 2.75) is 30.7 Å². The number of carbonyl (C=O) groups excluding carboxylic acids is 1. The molecular formula is C26H26N4O3S. The van der Waals surface area contributed by atoms with E-state index in [4.69, 9.17) is 0 Å². The van der Waals surface area contributed by atoms with Crippen molar-refractivity contribution in [2.75, 3.05) is 13.1 Å². The molecule has 8 heteroatoms. The standard InChI is InChI=1S/C26H26N4O3S/c31-26(21-10-12-22(13-11-21)30-19-28-24-6-2-3-7-25(24)30)27-18-20-8-14-23(15-9-20)34(32,33)29-16-4-1-5-17-29/h2-3,6-15,19H,1,4-5,16-18H2,(H,27,31). The predicted molar refractivity (Wildman–Crippen MR) is 131 cm³/mol. The molecule has 1 amide bonds. The van der Waals surface area contributed by atoms with Gasteiger partial charge in [0.1, 0.15) is 6.33 Å². The first-order valence-corrected chi connectivity index (χ1v) is 12.9. The number of piperidine rings is 1. The summed E-state index contributed by atoms with van der Waals surface area (Å²) in [5.41, 5.74) is 4.24. The molecule has 0 radical (unpaired) electrons. The van der Waals surface area contributed by atoms with Crippen LogP contribution in [0.2, 0.25) is 0 Å². The van der Waals surface area contributed by atoms with Crippen LogP contribution in [0.3, 0.4) is 0 Å². The summed E-state index contributed by atoms with van der Waals surface area (Å²) in [6.45, 7) is 1.47. The lowest BCUT2D eigenvalue weighted by molar-refractivity contribution is 0.0951. The van der Waals surface area contributed by atoms with Crippen molar-refractivity contribution in [1.29, 1.82) is 0 Å². The summed E-state index contributed by atoms with van der Waals surface area (Å²) in [4.78, 5) is 17.3. The van der Waals surface area contributed by atoms with Gasteiger partial charge in [-0.3, -0.25) is 9.36 Å². The van der Waals surface area contributed by atoms with Gasteiger partial charge in [-0.05, 0) is 66.9 Å². The van der Waals surface area contributed by atoms with E-state index in [1.807, 2.05) is 41.0 Å². The number of nitrogens with zero attached hydrogens (tertiary/aromatic N) is 3. The number of nitrogens with one attached hydrogen (secondary N) is 1. The first-order valence-electron chi connectivity index (χ1n) is 11.4. The molecule has 3 aromatic carbocycles. The lowest BCUT2D eigenvalue weighted by Crippen LogP contribution is -2.35. The van der Waals surface area contributed by atoms with Crippen molar-refractivity contribution in [3.63, 3.8) is 0 Å². The zero-order chi connectivity index (χ0) is 23.5. The lowest BCUT2D eigenvalue weighted by Gasteiger charge is -2.25. The first-order chi connectivity index (χ1) is 16.5. The molecule has 4 aromatic rings. The number of para-hydroxylation sites is 2. The van der Waals surface area contributed by atoms with E-state index in [0.29, 0.717) is 30.1 Å². The van der Waals surface area contributed by atoms with Gasteiger partial charge in [-0.25, -0.2) is 13.4 Å². The monoisotopic (exact) mass is 474 g/mol. The molecule has 7 nitrogen and oxygen atoms in total. The average molecular weight is 475 g/mol. The predicted octanol–water partition coefficient (Wildman–Crippen LogP) is 4.13. The Morgan fingerprint density at radius 1 is 0.882 bits per heavy atom. The van der Waals surface area contributed by atoms with E-state index in [2.05, 4.69) is 10.3 Å². The minimum absolute atomic E-state index is 0.188. The van der Waals surface area contributed by atoms with Gasteiger partial charge >= 0.3 is 0 Å². The molecule has 1 aromatic heterocycles. The number of hydrogen-bond donors (Lipinski definition) is 1. The number of sulfonamides is 1. The summed E-state index contributed by atoms with van der Waals surface area (Å²) in [6, 6.07) is 22.0. The number of rotatable bonds is 6. The normalized spacial score (nSPS) is 14.8. The highest BCUT2D eigenvalue weighted by atomic mass is 32.2. The van der Waals surface area contributed by atoms with Crippen LogP contribution in [0.4, 0.5) is 0 Å². The summed E-state index contributed by atoms with van der Waals surface area (Å²) in [7, 11) is -3.45. The fraction of sp³-hybridized carbons (Fsp3) is 0.231. The molecule has 174 valence electrons. The summed E-state index contributed by atoms with van der Waals surface area (Å²) in [5, 5.41) is 2.90. The van der Waals surface area contributed by atoms with Crippen LogP contribution in [0.15, 0.2) is 84.0 Å². The quantitative estimate of drug-likeness (QED) is 0.455. The molecule has 1 aliphatic rings. The SMILES string of the molecule is O=C(NCc1ccc(S(=O)(=O)N2CCCCC2)cc1)c1ccc(-n2cnc3ccccc32)cc1. The number of benzene rings is 3. The lowest BCUT2D eigenvalue weighted by atomic mass is 10.1. The van der Waals surface area contributed by atoms with Crippen molar-refractivity contribution in [2.24, 2.45) is 0 Å². The highest BCUT2D eigenvalue weighted by Gasteiger charge is 2.25. The Kier molecular flexibility index (Phi) is 6.17. The minimum atomic E-state index is -3.45. The first kappa shape index (κ1) is 22.3. The van der Waals surface area contributed by atoms with Crippen LogP contribution >= 0.6 is 0 Å². The number of carbonyl (C=O) groups is 1. The Morgan fingerprint density at radius 2 is 1.59 bits per heavy atom. The van der Waals surface area contributed by atoms with Gasteiger partial charge in [-0.2, -0.15) is 4.31 Å². The molecule has 0 saturated carbocycles. The Hall–Kier alpha value is -3.49. The molecule has 2 heterocycles. The second kappa shape index (κ2) is 9.40. The molecule has 0 atom stereocenters. The van der Waals surface area contributed by atoms with Gasteiger partial charge in [0.25, 0.3) is 5.91 Å². The van der Waals surface area contributed by atoms with Crippen molar-refractivity contribution in [3.05, 3.63) is 90.3 Å². The molecule has 0 aliphatic carbocycles. The summed E-state index contributed by atoms with van der Waals surface area (Å²) in [6.07, 6.45) is 4.66. The highest BCUT2D eigenvalue weighted by Crippen LogP contribution is 2.21. The maximum Gasteiger partial charge on any atom is 0.251 e. The third-order valence-electron chi connectivity index (χ3n) is 6.19. The van der Waals surface area contributed by atoms with Crippen LogP contribution in [0.25, 0.3) is 16.7 Å². The summed E-state index contributed by atoms with van der Waals surface area (Å²) < 4.78 is 29.1. The molecule has 0 unspecified atom stereocenters. The molecule has 5 rings (SSSR count). The van der Waals surface area contributed by atoms with E-state index in [-0.39, 0.29) is 5.91 Å². The highest BCUT2D eigenvalue weighted by molar-refractivity contribution is 7.89. The number of hydrogen-bond acceptors (Lipinski definition) is 4.